The van der Waals surface area contributed by atoms with Crippen molar-refractivity contribution in [2.24, 2.45) is 0 Å². The smallest absolute Gasteiger partial charge is 0.306 e. The Bertz CT molecular complexity index is 587. The van der Waals surface area contributed by atoms with Gasteiger partial charge in [-0.1, -0.05) is 12.1 Å². The molecule has 7 heteroatoms. The van der Waals surface area contributed by atoms with Gasteiger partial charge in [0, 0.05) is 6.54 Å². The van der Waals surface area contributed by atoms with E-state index in [1.807, 2.05) is 0 Å². The number of hydrogen-bond donors (Lipinski definition) is 0. The molecule has 1 aliphatic heterocycles. The Morgan fingerprint density at radius 2 is 2.16 bits per heavy atom. The van der Waals surface area contributed by atoms with Gasteiger partial charge in [-0.3, -0.25) is 4.79 Å². The number of halogens is 1. The fraction of sp³-hybridized carbons (Fsp3) is 0.417. The lowest BCUT2D eigenvalue weighted by Gasteiger charge is -2.33. The number of para-hydroxylation sites is 1. The Labute approximate surface area is 117 Å². The Morgan fingerprint density at radius 1 is 1.47 bits per heavy atom. The third-order valence-electron chi connectivity index (χ3n) is 3.14. The molecule has 0 saturated carbocycles. The van der Waals surface area contributed by atoms with Crippen LogP contribution in [0, 0.1) is 0 Å². The number of benzene rings is 1. The number of carbonyl (C=O) groups excluding carboxylic acids is 1. The third kappa shape index (κ3) is 2.55. The highest BCUT2D eigenvalue weighted by Gasteiger charge is 2.38. The first kappa shape index (κ1) is 14.1. The third-order valence-corrected chi connectivity index (χ3v) is 5.58. The van der Waals surface area contributed by atoms with Gasteiger partial charge in [-0.05, 0) is 12.1 Å². The summed E-state index contributed by atoms with van der Waals surface area (Å²) in [5.74, 6) is -0.539. The molecule has 1 aromatic carbocycles. The van der Waals surface area contributed by atoms with Crippen LogP contribution >= 0.6 is 11.6 Å². The normalized spacial score (nSPS) is 20.7. The summed E-state index contributed by atoms with van der Waals surface area (Å²) in [5, 5.41) is -0.825. The van der Waals surface area contributed by atoms with Crippen LogP contribution in [-0.4, -0.2) is 39.3 Å². The van der Waals surface area contributed by atoms with E-state index < -0.39 is 21.1 Å². The molecule has 1 atom stereocenters. The molecule has 0 N–H and O–H groups in total. The lowest BCUT2D eigenvalue weighted by atomic mass is 10.2. The van der Waals surface area contributed by atoms with E-state index >= 15 is 0 Å². The van der Waals surface area contributed by atoms with Crippen LogP contribution in [0.4, 0.5) is 5.69 Å². The van der Waals surface area contributed by atoms with Gasteiger partial charge in [0.2, 0.25) is 0 Å². The predicted molar refractivity (Wildman–Crippen MR) is 72.1 cm³/mol. The maximum absolute atomic E-state index is 12.4. The highest BCUT2D eigenvalue weighted by Crippen LogP contribution is 2.34. The Balaban J connectivity index is 2.44. The molecule has 5 nitrogen and oxygen atoms in total. The number of methoxy groups -OCH3 is 1. The number of rotatable bonds is 3. The molecule has 2 rings (SSSR count). The van der Waals surface area contributed by atoms with E-state index in [1.165, 1.54) is 13.2 Å². The number of carbonyl (C=O) groups is 1. The van der Waals surface area contributed by atoms with Gasteiger partial charge in [-0.15, -0.1) is 11.6 Å². The molecule has 0 aliphatic carbocycles. The average molecular weight is 304 g/mol. The van der Waals surface area contributed by atoms with Crippen molar-refractivity contribution in [2.75, 3.05) is 24.6 Å². The molecule has 0 spiro atoms. The van der Waals surface area contributed by atoms with Crippen LogP contribution in [-0.2, 0) is 19.4 Å². The molecule has 0 radical (unpaired) electrons. The van der Waals surface area contributed by atoms with Gasteiger partial charge < -0.3 is 9.64 Å². The van der Waals surface area contributed by atoms with Crippen LogP contribution in [0.3, 0.4) is 0 Å². The van der Waals surface area contributed by atoms with Gasteiger partial charge >= 0.3 is 5.97 Å². The molecular formula is C12H14ClNO4S. The first-order chi connectivity index (χ1) is 9.00. The van der Waals surface area contributed by atoms with E-state index in [4.69, 9.17) is 11.6 Å². The van der Waals surface area contributed by atoms with Crippen LogP contribution in [0.5, 0.6) is 0 Å². The van der Waals surface area contributed by atoms with E-state index in [2.05, 4.69) is 4.74 Å². The van der Waals surface area contributed by atoms with E-state index in [9.17, 15) is 13.2 Å². The van der Waals surface area contributed by atoms with E-state index in [1.54, 1.807) is 23.1 Å². The minimum absolute atomic E-state index is 0.166. The van der Waals surface area contributed by atoms with Crippen molar-refractivity contribution < 1.29 is 17.9 Å². The monoisotopic (exact) mass is 303 g/mol. The molecule has 1 unspecified atom stereocenters. The second-order valence-electron chi connectivity index (χ2n) is 4.26. The van der Waals surface area contributed by atoms with Crippen molar-refractivity contribution in [3.05, 3.63) is 24.3 Å². The van der Waals surface area contributed by atoms with Gasteiger partial charge in [0.05, 0.1) is 35.4 Å². The standard InChI is InChI=1S/C12H14ClNO4S/c1-18-12(15)6-9-7-14(8-13)10-4-2-3-5-11(10)19(9,16)17/h2-5,9H,6-8H2,1H3. The molecule has 0 bridgehead atoms. The summed E-state index contributed by atoms with van der Waals surface area (Å²) >= 11 is 5.85. The van der Waals surface area contributed by atoms with Gasteiger partial charge in [0.1, 0.15) is 0 Å². The fourth-order valence-electron chi connectivity index (χ4n) is 2.14. The first-order valence-electron chi connectivity index (χ1n) is 5.71. The second kappa shape index (κ2) is 5.38. The minimum atomic E-state index is -3.53. The zero-order valence-corrected chi connectivity index (χ0v) is 11.9. The lowest BCUT2D eigenvalue weighted by molar-refractivity contribution is -0.140. The Kier molecular flexibility index (Phi) is 4.01. The minimum Gasteiger partial charge on any atom is -0.469 e. The summed E-state index contributed by atoms with van der Waals surface area (Å²) in [7, 11) is -2.29. The number of sulfone groups is 1. The van der Waals surface area contributed by atoms with Crippen LogP contribution in [0.1, 0.15) is 6.42 Å². The van der Waals surface area contributed by atoms with Crippen LogP contribution in [0.2, 0.25) is 0 Å². The Morgan fingerprint density at radius 3 is 2.79 bits per heavy atom. The maximum atomic E-state index is 12.4. The Hall–Kier alpha value is -1.27. The molecule has 0 aromatic heterocycles. The second-order valence-corrected chi connectivity index (χ2v) is 6.69. The van der Waals surface area contributed by atoms with Gasteiger partial charge in [0.25, 0.3) is 0 Å². The highest BCUT2D eigenvalue weighted by molar-refractivity contribution is 7.92. The number of hydrogen-bond acceptors (Lipinski definition) is 5. The summed E-state index contributed by atoms with van der Waals surface area (Å²) in [6, 6.07) is 6.83. The maximum Gasteiger partial charge on any atom is 0.306 e. The largest absolute Gasteiger partial charge is 0.469 e. The average Bonchev–Trinajstić information content (AvgIpc) is 2.42. The lowest BCUT2D eigenvalue weighted by Crippen LogP contribution is -2.43. The molecule has 0 saturated heterocycles. The zero-order valence-electron chi connectivity index (χ0n) is 10.4. The summed E-state index contributed by atoms with van der Waals surface area (Å²) in [5.41, 5.74) is 0.582. The van der Waals surface area contributed by atoms with Crippen molar-refractivity contribution in [3.63, 3.8) is 0 Å². The van der Waals surface area contributed by atoms with Crippen molar-refractivity contribution in [2.45, 2.75) is 16.6 Å². The molecule has 19 heavy (non-hydrogen) atoms. The van der Waals surface area contributed by atoms with E-state index in [0.29, 0.717) is 5.69 Å². The molecule has 1 aromatic rings. The van der Waals surface area contributed by atoms with Crippen LogP contribution in [0.15, 0.2) is 29.2 Å². The van der Waals surface area contributed by atoms with Crippen molar-refractivity contribution >= 4 is 33.1 Å². The molecule has 1 aliphatic rings. The number of esters is 1. The van der Waals surface area contributed by atoms with Crippen molar-refractivity contribution in [1.82, 2.24) is 0 Å². The summed E-state index contributed by atoms with van der Waals surface area (Å²) < 4.78 is 29.4. The topological polar surface area (TPSA) is 63.7 Å². The molecular weight excluding hydrogens is 290 g/mol. The van der Waals surface area contributed by atoms with E-state index in [0.717, 1.165) is 0 Å². The molecule has 0 fully saturated rings. The highest BCUT2D eigenvalue weighted by atomic mass is 35.5. The quantitative estimate of drug-likeness (QED) is 0.480. The number of fused-ring (bicyclic) bond motifs is 1. The van der Waals surface area contributed by atoms with Gasteiger partial charge in [0.15, 0.2) is 9.84 Å². The molecule has 1 heterocycles. The zero-order chi connectivity index (χ0) is 14.0. The first-order valence-corrected chi connectivity index (χ1v) is 7.79. The number of anilines is 1. The summed E-state index contributed by atoms with van der Waals surface area (Å²) in [6.07, 6.45) is -0.166. The molecule has 0 amide bonds. The van der Waals surface area contributed by atoms with Crippen LogP contribution in [0.25, 0.3) is 0 Å². The number of ether oxygens (including phenoxy) is 1. The fourth-order valence-corrected chi connectivity index (χ4v) is 4.21. The number of nitrogens with zero attached hydrogens (tertiary/aromatic N) is 1. The van der Waals surface area contributed by atoms with Crippen molar-refractivity contribution in [1.29, 1.82) is 0 Å². The van der Waals surface area contributed by atoms with Crippen molar-refractivity contribution in [3.8, 4) is 0 Å². The summed E-state index contributed by atoms with van der Waals surface area (Å²) in [4.78, 5) is 13.3. The van der Waals surface area contributed by atoms with Gasteiger partial charge in [-0.25, -0.2) is 8.42 Å². The van der Waals surface area contributed by atoms with Gasteiger partial charge in [-0.2, -0.15) is 0 Å². The SMILES string of the molecule is COC(=O)CC1CN(CCl)c2ccccc2S1(=O)=O. The molecule has 104 valence electrons. The predicted octanol–water partition coefficient (Wildman–Crippen LogP) is 1.41. The number of alkyl halides is 1. The summed E-state index contributed by atoms with van der Waals surface area (Å²) in [6.45, 7) is 0.192. The van der Waals surface area contributed by atoms with E-state index in [-0.39, 0.29) is 23.9 Å². The van der Waals surface area contributed by atoms with Crippen LogP contribution < -0.4 is 4.90 Å².